The second-order valence-corrected chi connectivity index (χ2v) is 3.57. The molecule has 1 rings (SSSR count). The molecule has 0 heterocycles. The van der Waals surface area contributed by atoms with Gasteiger partial charge in [-0.2, -0.15) is 0 Å². The summed E-state index contributed by atoms with van der Waals surface area (Å²) in [5.74, 6) is -0.345. The zero-order valence-corrected chi connectivity index (χ0v) is 9.12. The Hall–Kier alpha value is -1.64. The number of carbonyl (C=O) groups excluding carboxylic acids is 1. The minimum Gasteiger partial charge on any atom is -0.345 e. The molecule has 80 valence electrons. The highest BCUT2D eigenvalue weighted by molar-refractivity contribution is 5.94. The van der Waals surface area contributed by atoms with Crippen LogP contribution in [0.4, 0.5) is 4.39 Å². The summed E-state index contributed by atoms with van der Waals surface area (Å²) in [4.78, 5) is 12.9. The minimum absolute atomic E-state index is 0.0724. The van der Waals surface area contributed by atoms with Crippen molar-refractivity contribution >= 4 is 11.5 Å². The summed E-state index contributed by atoms with van der Waals surface area (Å²) >= 11 is 0. The lowest BCUT2D eigenvalue weighted by Gasteiger charge is -2.07. The van der Waals surface area contributed by atoms with Gasteiger partial charge < -0.3 is 4.90 Å². The molecule has 0 N–H and O–H groups in total. The van der Waals surface area contributed by atoms with E-state index >= 15 is 0 Å². The minimum atomic E-state index is -0.273. The molecule has 15 heavy (non-hydrogen) atoms. The van der Waals surface area contributed by atoms with Crippen molar-refractivity contribution in [1.29, 1.82) is 0 Å². The van der Waals surface area contributed by atoms with Gasteiger partial charge in [0.05, 0.1) is 0 Å². The maximum Gasteiger partial charge on any atom is 0.246 e. The third-order valence-corrected chi connectivity index (χ3v) is 2.08. The monoisotopic (exact) mass is 207 g/mol. The highest BCUT2D eigenvalue weighted by atomic mass is 19.1. The van der Waals surface area contributed by atoms with E-state index in [1.54, 1.807) is 26.2 Å². The molecular formula is C12H14FNO. The molecular weight excluding hydrogens is 193 g/mol. The first-order chi connectivity index (χ1) is 7.00. The van der Waals surface area contributed by atoms with Crippen LogP contribution in [0.5, 0.6) is 0 Å². The van der Waals surface area contributed by atoms with E-state index in [4.69, 9.17) is 0 Å². The number of likely N-dealkylation sites (N-methyl/N-ethyl adjacent to an activating group) is 1. The second kappa shape index (κ2) is 4.73. The second-order valence-electron chi connectivity index (χ2n) is 3.57. The van der Waals surface area contributed by atoms with Crippen molar-refractivity contribution in [2.45, 2.75) is 6.92 Å². The first-order valence-corrected chi connectivity index (χ1v) is 4.66. The molecule has 0 saturated carbocycles. The maximum atomic E-state index is 12.6. The molecule has 0 atom stereocenters. The fraction of sp³-hybridized carbons (Fsp3) is 0.250. The van der Waals surface area contributed by atoms with Crippen molar-refractivity contribution in [3.05, 3.63) is 41.7 Å². The molecule has 0 aliphatic heterocycles. The van der Waals surface area contributed by atoms with E-state index < -0.39 is 0 Å². The predicted molar refractivity (Wildman–Crippen MR) is 58.7 cm³/mol. The zero-order chi connectivity index (χ0) is 11.4. The fourth-order valence-electron chi connectivity index (χ4n) is 1.11. The summed E-state index contributed by atoms with van der Waals surface area (Å²) in [6.45, 7) is 1.83. The van der Waals surface area contributed by atoms with Crippen molar-refractivity contribution in [1.82, 2.24) is 4.90 Å². The lowest BCUT2D eigenvalue weighted by Crippen LogP contribution is -2.19. The average Bonchev–Trinajstić information content (AvgIpc) is 2.18. The van der Waals surface area contributed by atoms with Crippen LogP contribution in [0.25, 0.3) is 5.57 Å². The molecule has 0 radical (unpaired) electrons. The number of hydrogen-bond acceptors (Lipinski definition) is 1. The largest absolute Gasteiger partial charge is 0.345 e. The normalized spacial score (nSPS) is 11.3. The third kappa shape index (κ3) is 3.20. The Bertz CT molecular complexity index is 379. The van der Waals surface area contributed by atoms with Gasteiger partial charge in [-0.1, -0.05) is 12.1 Å². The van der Waals surface area contributed by atoms with Crippen molar-refractivity contribution in [2.75, 3.05) is 14.1 Å². The number of halogens is 1. The number of benzene rings is 1. The average molecular weight is 207 g/mol. The molecule has 0 spiro atoms. The molecule has 0 aliphatic rings. The van der Waals surface area contributed by atoms with Crippen molar-refractivity contribution < 1.29 is 9.18 Å². The predicted octanol–water partition coefficient (Wildman–Crippen LogP) is 2.32. The van der Waals surface area contributed by atoms with Gasteiger partial charge in [-0.15, -0.1) is 0 Å². The molecule has 0 saturated heterocycles. The van der Waals surface area contributed by atoms with Crippen LogP contribution >= 0.6 is 0 Å². The van der Waals surface area contributed by atoms with Crippen LogP contribution < -0.4 is 0 Å². The Morgan fingerprint density at radius 3 is 2.27 bits per heavy atom. The molecule has 1 aromatic rings. The smallest absolute Gasteiger partial charge is 0.246 e. The summed E-state index contributed by atoms with van der Waals surface area (Å²) in [6, 6.07) is 6.08. The van der Waals surface area contributed by atoms with Gasteiger partial charge in [0, 0.05) is 20.2 Å². The van der Waals surface area contributed by atoms with E-state index in [1.165, 1.54) is 23.1 Å². The van der Waals surface area contributed by atoms with Crippen LogP contribution in [0.1, 0.15) is 12.5 Å². The zero-order valence-electron chi connectivity index (χ0n) is 9.12. The van der Waals surface area contributed by atoms with Gasteiger partial charge in [-0.3, -0.25) is 4.79 Å². The molecule has 0 fully saturated rings. The number of rotatable bonds is 2. The number of allylic oxidation sites excluding steroid dienone is 1. The molecule has 0 aliphatic carbocycles. The highest BCUT2D eigenvalue weighted by Crippen LogP contribution is 2.14. The SMILES string of the molecule is C/C(=C\C(=O)N(C)C)c1ccc(F)cc1. The lowest BCUT2D eigenvalue weighted by atomic mass is 10.1. The summed E-state index contributed by atoms with van der Waals surface area (Å²) in [7, 11) is 3.38. The van der Waals surface area contributed by atoms with Crippen molar-refractivity contribution in [3.63, 3.8) is 0 Å². The van der Waals surface area contributed by atoms with E-state index in [9.17, 15) is 9.18 Å². The first-order valence-electron chi connectivity index (χ1n) is 4.66. The fourth-order valence-corrected chi connectivity index (χ4v) is 1.11. The summed E-state index contributed by atoms with van der Waals surface area (Å²) in [5, 5.41) is 0. The van der Waals surface area contributed by atoms with Crippen LogP contribution in [0.2, 0.25) is 0 Å². The highest BCUT2D eigenvalue weighted by Gasteiger charge is 2.02. The number of carbonyl (C=O) groups is 1. The van der Waals surface area contributed by atoms with E-state index in [-0.39, 0.29) is 11.7 Å². The van der Waals surface area contributed by atoms with Crippen LogP contribution in [0, 0.1) is 5.82 Å². The number of hydrogen-bond donors (Lipinski definition) is 0. The third-order valence-electron chi connectivity index (χ3n) is 2.08. The van der Waals surface area contributed by atoms with Gasteiger partial charge in [0.2, 0.25) is 5.91 Å². The van der Waals surface area contributed by atoms with Gasteiger partial charge in [-0.05, 0) is 30.2 Å². The maximum absolute atomic E-state index is 12.6. The summed E-state index contributed by atoms with van der Waals surface area (Å²) < 4.78 is 12.6. The van der Waals surface area contributed by atoms with E-state index in [0.717, 1.165) is 11.1 Å². The Morgan fingerprint density at radius 2 is 1.80 bits per heavy atom. The van der Waals surface area contributed by atoms with Crippen LogP contribution in [-0.4, -0.2) is 24.9 Å². The van der Waals surface area contributed by atoms with E-state index in [2.05, 4.69) is 0 Å². The van der Waals surface area contributed by atoms with Gasteiger partial charge in [0.25, 0.3) is 0 Å². The van der Waals surface area contributed by atoms with Crippen molar-refractivity contribution in [3.8, 4) is 0 Å². The molecule has 1 aromatic carbocycles. The van der Waals surface area contributed by atoms with Gasteiger partial charge in [-0.25, -0.2) is 4.39 Å². The lowest BCUT2D eigenvalue weighted by molar-refractivity contribution is -0.123. The Labute approximate surface area is 89.0 Å². The van der Waals surface area contributed by atoms with E-state index in [1.807, 2.05) is 6.92 Å². The van der Waals surface area contributed by atoms with Crippen molar-refractivity contribution in [2.24, 2.45) is 0 Å². The molecule has 0 unspecified atom stereocenters. The standard InChI is InChI=1S/C12H14FNO/c1-9(8-12(15)14(2)3)10-4-6-11(13)7-5-10/h4-8H,1-3H3/b9-8+. The van der Waals surface area contributed by atoms with Crippen LogP contribution in [0.15, 0.2) is 30.3 Å². The molecule has 0 aromatic heterocycles. The Morgan fingerprint density at radius 1 is 1.27 bits per heavy atom. The van der Waals surface area contributed by atoms with Crippen LogP contribution in [-0.2, 0) is 4.79 Å². The van der Waals surface area contributed by atoms with Gasteiger partial charge in [0.15, 0.2) is 0 Å². The topological polar surface area (TPSA) is 20.3 Å². The first kappa shape index (κ1) is 11.4. The number of nitrogens with zero attached hydrogens (tertiary/aromatic N) is 1. The Kier molecular flexibility index (Phi) is 3.61. The Balaban J connectivity index is 2.89. The molecule has 0 bridgehead atoms. The van der Waals surface area contributed by atoms with Crippen LogP contribution in [0.3, 0.4) is 0 Å². The molecule has 3 heteroatoms. The molecule has 1 amide bonds. The van der Waals surface area contributed by atoms with Gasteiger partial charge >= 0.3 is 0 Å². The van der Waals surface area contributed by atoms with E-state index in [0.29, 0.717) is 0 Å². The van der Waals surface area contributed by atoms with Gasteiger partial charge in [0.1, 0.15) is 5.82 Å². The molecule has 2 nitrogen and oxygen atoms in total. The summed E-state index contributed by atoms with van der Waals surface area (Å²) in [6.07, 6.45) is 1.53. The quantitative estimate of drug-likeness (QED) is 0.681. The number of amides is 1. The summed E-state index contributed by atoms with van der Waals surface area (Å²) in [5.41, 5.74) is 1.68.